The summed E-state index contributed by atoms with van der Waals surface area (Å²) in [6.45, 7) is 7.30. The normalized spacial score (nSPS) is 13.5. The predicted molar refractivity (Wildman–Crippen MR) is 251 cm³/mol. The summed E-state index contributed by atoms with van der Waals surface area (Å²) < 4.78 is 17.1. The molecule has 0 saturated carbocycles. The van der Waals surface area contributed by atoms with E-state index in [0.29, 0.717) is 6.61 Å². The summed E-state index contributed by atoms with van der Waals surface area (Å²) in [6.07, 6.45) is 67.8. The van der Waals surface area contributed by atoms with Crippen molar-refractivity contribution in [3.05, 3.63) is 134 Å². The molecular formula is C53H82O5. The minimum absolute atomic E-state index is 0.0200. The summed E-state index contributed by atoms with van der Waals surface area (Å²) in [5, 5.41) is 0. The summed E-state index contributed by atoms with van der Waals surface area (Å²) in [7, 11) is 0. The van der Waals surface area contributed by atoms with Crippen LogP contribution < -0.4 is 0 Å². The summed E-state index contributed by atoms with van der Waals surface area (Å²) in [4.78, 5) is 25.1. The van der Waals surface area contributed by atoms with Crippen molar-refractivity contribution >= 4 is 11.9 Å². The average Bonchev–Trinajstić information content (AvgIpc) is 3.22. The van der Waals surface area contributed by atoms with Crippen molar-refractivity contribution in [3.8, 4) is 0 Å². The summed E-state index contributed by atoms with van der Waals surface area (Å²) >= 11 is 0. The molecule has 0 fully saturated rings. The zero-order valence-electron chi connectivity index (χ0n) is 37.0. The van der Waals surface area contributed by atoms with Gasteiger partial charge in [-0.15, -0.1) is 0 Å². The molecular weight excluding hydrogens is 717 g/mol. The first-order valence-corrected chi connectivity index (χ1v) is 22.7. The van der Waals surface area contributed by atoms with Crippen molar-refractivity contribution < 1.29 is 23.8 Å². The average molecular weight is 799 g/mol. The van der Waals surface area contributed by atoms with Crippen LogP contribution in [-0.4, -0.2) is 37.9 Å². The first-order valence-electron chi connectivity index (χ1n) is 22.7. The lowest BCUT2D eigenvalue weighted by Gasteiger charge is -2.18. The summed E-state index contributed by atoms with van der Waals surface area (Å²) in [6, 6.07) is 0. The third-order valence-corrected chi connectivity index (χ3v) is 8.72. The molecule has 0 aliphatic carbocycles. The maximum atomic E-state index is 12.7. The Labute approximate surface area is 356 Å². The fourth-order valence-electron chi connectivity index (χ4n) is 5.40. The van der Waals surface area contributed by atoms with E-state index < -0.39 is 6.10 Å². The third kappa shape index (κ3) is 44.8. The van der Waals surface area contributed by atoms with Gasteiger partial charge in [0.15, 0.2) is 6.10 Å². The minimum atomic E-state index is -0.641. The molecule has 0 rings (SSSR count). The Morgan fingerprint density at radius 1 is 0.397 bits per heavy atom. The zero-order chi connectivity index (χ0) is 42.1. The van der Waals surface area contributed by atoms with Crippen LogP contribution in [0.5, 0.6) is 0 Å². The van der Waals surface area contributed by atoms with Gasteiger partial charge in [-0.3, -0.25) is 9.59 Å². The molecule has 58 heavy (non-hydrogen) atoms. The van der Waals surface area contributed by atoms with Gasteiger partial charge in [-0.05, 0) is 89.9 Å². The van der Waals surface area contributed by atoms with Crippen LogP contribution in [0.25, 0.3) is 0 Å². The number of hydrogen-bond acceptors (Lipinski definition) is 5. The fourth-order valence-corrected chi connectivity index (χ4v) is 5.40. The molecule has 0 bridgehead atoms. The quantitative estimate of drug-likeness (QED) is 0.0352. The van der Waals surface area contributed by atoms with Gasteiger partial charge in [-0.25, -0.2) is 0 Å². The highest BCUT2D eigenvalue weighted by molar-refractivity contribution is 5.72. The molecule has 1 unspecified atom stereocenters. The lowest BCUT2D eigenvalue weighted by atomic mass is 10.1. The largest absolute Gasteiger partial charge is 0.461 e. The predicted octanol–water partition coefficient (Wildman–Crippen LogP) is 15.2. The van der Waals surface area contributed by atoms with Crippen LogP contribution in [0.15, 0.2) is 134 Å². The second-order valence-corrected chi connectivity index (χ2v) is 14.2. The minimum Gasteiger partial charge on any atom is -0.461 e. The van der Waals surface area contributed by atoms with E-state index in [1.54, 1.807) is 0 Å². The smallest absolute Gasteiger partial charge is 0.310 e. The Kier molecular flexibility index (Phi) is 44.2. The van der Waals surface area contributed by atoms with Gasteiger partial charge < -0.3 is 14.2 Å². The Morgan fingerprint density at radius 2 is 0.776 bits per heavy atom. The van der Waals surface area contributed by atoms with Gasteiger partial charge in [0.25, 0.3) is 0 Å². The van der Waals surface area contributed by atoms with Gasteiger partial charge in [0, 0.05) is 6.61 Å². The van der Waals surface area contributed by atoms with Crippen molar-refractivity contribution in [2.24, 2.45) is 0 Å². The highest BCUT2D eigenvalue weighted by Crippen LogP contribution is 2.09. The Balaban J connectivity index is 4.58. The first kappa shape index (κ1) is 54.0. The molecule has 0 amide bonds. The van der Waals surface area contributed by atoms with E-state index in [9.17, 15) is 9.59 Å². The standard InChI is InChI=1S/C53H82O5/c1-4-7-10-13-16-19-22-25-27-29-31-34-37-40-43-46-52(54)57-50-51(49-56-48-45-42-39-36-33-24-21-18-15-12-9-6-3)58-53(55)47-44-41-38-35-32-30-28-26-23-20-17-14-11-8-5-2/h7-8,10-11,15-20,25-28,31-32,34-35,40-41,43-44,51H,4-6,9,12-14,21-24,29-30,33,36-39,42,45-50H2,1-3H3/b10-7-,11-8-,18-15-,19-16-,20-17-,27-25-,28-26-,34-31-,35-32-,43-40-,44-41-. The fraction of sp³-hybridized carbons (Fsp3) is 0.547. The maximum absolute atomic E-state index is 12.7. The number of allylic oxidation sites excluding steroid dienone is 20. The van der Waals surface area contributed by atoms with E-state index >= 15 is 0 Å². The van der Waals surface area contributed by atoms with E-state index in [1.807, 2.05) is 24.3 Å². The highest BCUT2D eigenvalue weighted by Gasteiger charge is 2.16. The van der Waals surface area contributed by atoms with E-state index in [0.717, 1.165) is 77.0 Å². The van der Waals surface area contributed by atoms with Gasteiger partial charge in [0.2, 0.25) is 0 Å². The SMILES string of the molecule is CC/C=C\C/C=C\C/C=C\C/C=C\C/C=C\CC(=O)OCC(COCCCCCCCC/C=C\CCCC)OC(=O)C/C=C\C/C=C\C/C=C\C/C=C\C/C=C\CC. The summed E-state index contributed by atoms with van der Waals surface area (Å²) in [5.41, 5.74) is 0. The number of unbranched alkanes of at least 4 members (excludes halogenated alkanes) is 8. The van der Waals surface area contributed by atoms with Gasteiger partial charge in [-0.2, -0.15) is 0 Å². The Hall–Kier alpha value is -3.96. The van der Waals surface area contributed by atoms with Crippen LogP contribution in [0.4, 0.5) is 0 Å². The van der Waals surface area contributed by atoms with Crippen LogP contribution in [-0.2, 0) is 23.8 Å². The molecule has 1 atom stereocenters. The lowest BCUT2D eigenvalue weighted by Crippen LogP contribution is -2.29. The van der Waals surface area contributed by atoms with Gasteiger partial charge in [-0.1, -0.05) is 193 Å². The third-order valence-electron chi connectivity index (χ3n) is 8.72. The molecule has 0 aliphatic heterocycles. The number of rotatable bonds is 39. The van der Waals surface area contributed by atoms with Gasteiger partial charge >= 0.3 is 11.9 Å². The monoisotopic (exact) mass is 799 g/mol. The van der Waals surface area contributed by atoms with Crippen LogP contribution >= 0.6 is 0 Å². The molecule has 0 heterocycles. The van der Waals surface area contributed by atoms with Crippen LogP contribution in [0.1, 0.15) is 162 Å². The highest BCUT2D eigenvalue weighted by atomic mass is 16.6. The molecule has 0 radical (unpaired) electrons. The molecule has 0 spiro atoms. The maximum Gasteiger partial charge on any atom is 0.310 e. The molecule has 0 N–H and O–H groups in total. The van der Waals surface area contributed by atoms with Crippen molar-refractivity contribution in [2.75, 3.05) is 19.8 Å². The molecule has 5 nitrogen and oxygen atoms in total. The number of esters is 2. The van der Waals surface area contributed by atoms with Crippen molar-refractivity contribution in [1.29, 1.82) is 0 Å². The van der Waals surface area contributed by atoms with Gasteiger partial charge in [0.1, 0.15) is 6.61 Å². The number of carbonyl (C=O) groups excluding carboxylic acids is 2. The molecule has 0 aliphatic rings. The number of carbonyl (C=O) groups is 2. The molecule has 0 aromatic heterocycles. The molecule has 0 aromatic rings. The second kappa shape index (κ2) is 47.4. The molecule has 0 aromatic carbocycles. The second-order valence-electron chi connectivity index (χ2n) is 14.2. The number of ether oxygens (including phenoxy) is 3. The van der Waals surface area contributed by atoms with E-state index in [4.69, 9.17) is 14.2 Å². The lowest BCUT2D eigenvalue weighted by molar-refractivity contribution is -0.161. The zero-order valence-corrected chi connectivity index (χ0v) is 37.0. The van der Waals surface area contributed by atoms with Crippen molar-refractivity contribution in [2.45, 2.75) is 168 Å². The van der Waals surface area contributed by atoms with E-state index in [1.165, 1.54) is 51.4 Å². The van der Waals surface area contributed by atoms with Crippen molar-refractivity contribution in [1.82, 2.24) is 0 Å². The van der Waals surface area contributed by atoms with Crippen LogP contribution in [0, 0.1) is 0 Å². The van der Waals surface area contributed by atoms with Crippen LogP contribution in [0.3, 0.4) is 0 Å². The first-order chi connectivity index (χ1) is 28.6. The Morgan fingerprint density at radius 3 is 1.22 bits per heavy atom. The van der Waals surface area contributed by atoms with Gasteiger partial charge in [0.05, 0.1) is 19.4 Å². The molecule has 0 saturated heterocycles. The van der Waals surface area contributed by atoms with E-state index in [2.05, 4.69) is 130 Å². The van der Waals surface area contributed by atoms with Crippen LogP contribution in [0.2, 0.25) is 0 Å². The number of hydrogen-bond donors (Lipinski definition) is 0. The Bertz CT molecular complexity index is 1270. The summed E-state index contributed by atoms with van der Waals surface area (Å²) in [5.74, 6) is -0.708. The van der Waals surface area contributed by atoms with Crippen molar-refractivity contribution in [3.63, 3.8) is 0 Å². The molecule has 324 valence electrons. The topological polar surface area (TPSA) is 61.8 Å². The van der Waals surface area contributed by atoms with E-state index in [-0.39, 0.29) is 38.0 Å². The molecule has 5 heteroatoms.